The standard InChI is InChI=1S/C24H27N5O2S/c1-2-31-19-13-11-18(12-14-19)25-22(30)20-24(15-7-4-8-16-24)28-29-21(26-27-23(29)32-20)17-9-5-3-6-10-17/h3,5-6,9-14,20,28H,2,4,7-8,15-16H2,1H3,(H,25,30)/t20-/m0/s1. The van der Waals surface area contributed by atoms with E-state index >= 15 is 0 Å². The van der Waals surface area contributed by atoms with Crippen molar-refractivity contribution in [2.24, 2.45) is 0 Å². The summed E-state index contributed by atoms with van der Waals surface area (Å²) in [4.78, 5) is 13.5. The summed E-state index contributed by atoms with van der Waals surface area (Å²) < 4.78 is 7.48. The molecule has 0 saturated heterocycles. The summed E-state index contributed by atoms with van der Waals surface area (Å²) in [6, 6.07) is 17.6. The number of benzene rings is 2. The molecule has 1 aromatic heterocycles. The number of nitrogens with zero attached hydrogens (tertiary/aromatic N) is 3. The summed E-state index contributed by atoms with van der Waals surface area (Å²) >= 11 is 1.51. The Bertz CT molecular complexity index is 1080. The summed E-state index contributed by atoms with van der Waals surface area (Å²) in [7, 11) is 0. The topological polar surface area (TPSA) is 81.1 Å². The van der Waals surface area contributed by atoms with Crippen LogP contribution in [0.1, 0.15) is 39.0 Å². The normalized spacial score (nSPS) is 19.1. The highest BCUT2D eigenvalue weighted by atomic mass is 32.2. The largest absolute Gasteiger partial charge is 0.494 e. The van der Waals surface area contributed by atoms with Crippen molar-refractivity contribution in [2.45, 2.75) is 55.0 Å². The number of amides is 1. The second kappa shape index (κ2) is 8.86. The fraction of sp³-hybridized carbons (Fsp3) is 0.375. The van der Waals surface area contributed by atoms with Gasteiger partial charge in [-0.2, -0.15) is 0 Å². The molecule has 1 atom stereocenters. The second-order valence-electron chi connectivity index (χ2n) is 8.28. The lowest BCUT2D eigenvalue weighted by atomic mass is 9.79. The van der Waals surface area contributed by atoms with Crippen molar-refractivity contribution in [1.29, 1.82) is 0 Å². The van der Waals surface area contributed by atoms with Crippen LogP contribution in [0.2, 0.25) is 0 Å². The molecule has 1 aliphatic heterocycles. The lowest BCUT2D eigenvalue weighted by molar-refractivity contribution is -0.117. The van der Waals surface area contributed by atoms with Crippen LogP contribution in [-0.4, -0.2) is 38.2 Å². The molecule has 1 spiro atoms. The number of anilines is 1. The number of fused-ring (bicyclic) bond motifs is 1. The van der Waals surface area contributed by atoms with Crippen LogP contribution in [-0.2, 0) is 4.79 Å². The molecular formula is C24H27N5O2S. The van der Waals surface area contributed by atoms with Gasteiger partial charge in [0.15, 0.2) is 5.82 Å². The van der Waals surface area contributed by atoms with E-state index in [4.69, 9.17) is 4.74 Å². The van der Waals surface area contributed by atoms with Crippen LogP contribution in [0.5, 0.6) is 5.75 Å². The molecule has 2 aliphatic rings. The van der Waals surface area contributed by atoms with Gasteiger partial charge in [0.1, 0.15) is 11.0 Å². The third-order valence-electron chi connectivity index (χ3n) is 6.14. The molecule has 1 amide bonds. The van der Waals surface area contributed by atoms with Gasteiger partial charge in [0.25, 0.3) is 0 Å². The predicted octanol–water partition coefficient (Wildman–Crippen LogP) is 4.70. The zero-order valence-electron chi connectivity index (χ0n) is 18.1. The minimum Gasteiger partial charge on any atom is -0.494 e. The van der Waals surface area contributed by atoms with Crippen LogP contribution in [0, 0.1) is 0 Å². The van der Waals surface area contributed by atoms with E-state index in [9.17, 15) is 4.79 Å². The van der Waals surface area contributed by atoms with Gasteiger partial charge >= 0.3 is 0 Å². The molecule has 8 heteroatoms. The molecule has 0 radical (unpaired) electrons. The Balaban J connectivity index is 1.43. The van der Waals surface area contributed by atoms with Gasteiger partial charge in [-0.05, 0) is 44.0 Å². The highest BCUT2D eigenvalue weighted by Gasteiger charge is 2.49. The molecule has 1 fully saturated rings. The average molecular weight is 450 g/mol. The van der Waals surface area contributed by atoms with Crippen molar-refractivity contribution < 1.29 is 9.53 Å². The first-order valence-corrected chi connectivity index (χ1v) is 12.1. The Hall–Kier alpha value is -3.00. The molecular weight excluding hydrogens is 422 g/mol. The third kappa shape index (κ3) is 3.95. The first kappa shape index (κ1) is 20.9. The average Bonchev–Trinajstić information content (AvgIpc) is 3.23. The monoisotopic (exact) mass is 449 g/mol. The highest BCUT2D eigenvalue weighted by molar-refractivity contribution is 8.00. The predicted molar refractivity (Wildman–Crippen MR) is 127 cm³/mol. The zero-order valence-corrected chi connectivity index (χ0v) is 18.9. The van der Waals surface area contributed by atoms with Gasteiger partial charge in [-0.25, -0.2) is 4.68 Å². The lowest BCUT2D eigenvalue weighted by Crippen LogP contribution is -2.59. The van der Waals surface area contributed by atoms with Crippen LogP contribution in [0.25, 0.3) is 11.4 Å². The van der Waals surface area contributed by atoms with E-state index < -0.39 is 0 Å². The molecule has 1 aliphatic carbocycles. The lowest BCUT2D eigenvalue weighted by Gasteiger charge is -2.46. The Morgan fingerprint density at radius 2 is 1.88 bits per heavy atom. The Morgan fingerprint density at radius 1 is 1.12 bits per heavy atom. The minimum absolute atomic E-state index is 0.0101. The first-order valence-electron chi connectivity index (χ1n) is 11.2. The SMILES string of the molecule is CCOc1ccc(NC(=O)[C@@H]2Sc3nnc(-c4ccccc4)n3NC23CCCCC3)cc1. The van der Waals surface area contributed by atoms with Crippen molar-refractivity contribution in [1.82, 2.24) is 14.9 Å². The Labute approximate surface area is 191 Å². The maximum atomic E-state index is 13.5. The van der Waals surface area contributed by atoms with E-state index in [0.717, 1.165) is 48.5 Å². The maximum absolute atomic E-state index is 13.5. The van der Waals surface area contributed by atoms with Gasteiger partial charge in [0.2, 0.25) is 11.1 Å². The van der Waals surface area contributed by atoms with E-state index in [1.165, 1.54) is 18.2 Å². The number of carbonyl (C=O) groups is 1. The van der Waals surface area contributed by atoms with E-state index in [1.807, 2.05) is 66.2 Å². The third-order valence-corrected chi connectivity index (χ3v) is 7.52. The van der Waals surface area contributed by atoms with Gasteiger partial charge in [0.05, 0.1) is 12.1 Å². The summed E-state index contributed by atoms with van der Waals surface area (Å²) in [5.41, 5.74) is 5.12. The molecule has 1 saturated carbocycles. The highest BCUT2D eigenvalue weighted by Crippen LogP contribution is 2.44. The number of thioether (sulfide) groups is 1. The maximum Gasteiger partial charge on any atom is 0.240 e. The molecule has 166 valence electrons. The van der Waals surface area contributed by atoms with E-state index in [2.05, 4.69) is 20.9 Å². The first-order chi connectivity index (χ1) is 15.7. The van der Waals surface area contributed by atoms with E-state index in [1.54, 1.807) is 0 Å². The number of carbonyl (C=O) groups excluding carboxylic acids is 1. The van der Waals surface area contributed by atoms with Crippen LogP contribution in [0.4, 0.5) is 5.69 Å². The van der Waals surface area contributed by atoms with Gasteiger partial charge in [-0.1, -0.05) is 61.4 Å². The van der Waals surface area contributed by atoms with Gasteiger partial charge < -0.3 is 15.5 Å². The molecule has 2 aromatic carbocycles. The molecule has 7 nitrogen and oxygen atoms in total. The fourth-order valence-electron chi connectivity index (χ4n) is 4.59. The number of hydrogen-bond acceptors (Lipinski definition) is 6. The van der Waals surface area contributed by atoms with Crippen LogP contribution >= 0.6 is 11.8 Å². The minimum atomic E-state index is -0.336. The van der Waals surface area contributed by atoms with Crippen molar-refractivity contribution >= 4 is 23.4 Å². The molecule has 32 heavy (non-hydrogen) atoms. The van der Waals surface area contributed by atoms with E-state index in [0.29, 0.717) is 11.8 Å². The molecule has 5 rings (SSSR count). The van der Waals surface area contributed by atoms with Crippen LogP contribution in [0.15, 0.2) is 59.8 Å². The summed E-state index contributed by atoms with van der Waals surface area (Å²) in [5.74, 6) is 1.57. The Morgan fingerprint density at radius 3 is 2.59 bits per heavy atom. The van der Waals surface area contributed by atoms with Crippen molar-refractivity contribution in [3.63, 3.8) is 0 Å². The summed E-state index contributed by atoms with van der Waals surface area (Å²) in [6.45, 7) is 2.57. The van der Waals surface area contributed by atoms with Gasteiger partial charge in [0, 0.05) is 11.3 Å². The van der Waals surface area contributed by atoms with E-state index in [-0.39, 0.29) is 16.7 Å². The second-order valence-corrected chi connectivity index (χ2v) is 9.35. The molecule has 3 aromatic rings. The van der Waals surface area contributed by atoms with Crippen LogP contribution < -0.4 is 15.5 Å². The van der Waals surface area contributed by atoms with Crippen LogP contribution in [0.3, 0.4) is 0 Å². The van der Waals surface area contributed by atoms with Gasteiger partial charge in [-0.15, -0.1) is 10.2 Å². The Kier molecular flexibility index (Phi) is 5.78. The van der Waals surface area contributed by atoms with Crippen molar-refractivity contribution in [3.8, 4) is 17.1 Å². The molecule has 2 heterocycles. The number of aromatic nitrogens is 3. The molecule has 0 unspecified atom stereocenters. The quantitative estimate of drug-likeness (QED) is 0.588. The van der Waals surface area contributed by atoms with Crippen molar-refractivity contribution in [3.05, 3.63) is 54.6 Å². The number of ether oxygens (including phenoxy) is 1. The molecule has 2 N–H and O–H groups in total. The van der Waals surface area contributed by atoms with Gasteiger partial charge in [-0.3, -0.25) is 4.79 Å². The fourth-order valence-corrected chi connectivity index (χ4v) is 5.81. The van der Waals surface area contributed by atoms with Crippen molar-refractivity contribution in [2.75, 3.05) is 17.3 Å². The summed E-state index contributed by atoms with van der Waals surface area (Å²) in [6.07, 6.45) is 5.26. The number of hydrogen-bond donors (Lipinski definition) is 2. The summed E-state index contributed by atoms with van der Waals surface area (Å²) in [5, 5.41) is 12.4. The smallest absolute Gasteiger partial charge is 0.240 e. The molecule has 0 bridgehead atoms. The zero-order chi connectivity index (χ0) is 22.0. The number of nitrogens with one attached hydrogen (secondary N) is 2. The number of rotatable bonds is 5.